The van der Waals surface area contributed by atoms with Gasteiger partial charge in [0.1, 0.15) is 5.82 Å². The Kier molecular flexibility index (Phi) is 4.52. The van der Waals surface area contributed by atoms with Crippen LogP contribution in [-0.2, 0) is 23.1 Å². The molecule has 0 aromatic carbocycles. The van der Waals surface area contributed by atoms with Gasteiger partial charge in [0.15, 0.2) is 5.82 Å². The number of hydrogen-bond donors (Lipinski definition) is 1. The molecule has 106 valence electrons. The molecule has 0 bridgehead atoms. The molecule has 1 unspecified atom stereocenters. The predicted octanol–water partition coefficient (Wildman–Crippen LogP) is 0.981. The molecule has 19 heavy (non-hydrogen) atoms. The third-order valence-corrected chi connectivity index (χ3v) is 3.75. The average molecular weight is 266 g/mol. The summed E-state index contributed by atoms with van der Waals surface area (Å²) in [7, 11) is 3.56. The summed E-state index contributed by atoms with van der Waals surface area (Å²) in [6, 6.07) is 0. The molecule has 1 aromatic heterocycles. The minimum absolute atomic E-state index is 0.0185. The fourth-order valence-electron chi connectivity index (χ4n) is 2.22. The minimum Gasteiger partial charge on any atom is -0.384 e. The first-order valence-electron chi connectivity index (χ1n) is 6.78. The highest BCUT2D eigenvalue weighted by atomic mass is 16.5. The second-order valence-electron chi connectivity index (χ2n) is 5.24. The molecule has 0 saturated heterocycles. The van der Waals surface area contributed by atoms with Crippen molar-refractivity contribution in [2.24, 2.45) is 13.0 Å². The molecule has 1 atom stereocenters. The number of rotatable bonds is 6. The minimum atomic E-state index is -0.149. The molecule has 0 aliphatic heterocycles. The lowest BCUT2D eigenvalue weighted by Crippen LogP contribution is -2.32. The van der Waals surface area contributed by atoms with E-state index in [1.807, 2.05) is 18.5 Å². The number of carbonyl (C=O) groups is 1. The summed E-state index contributed by atoms with van der Waals surface area (Å²) >= 11 is 0. The lowest BCUT2D eigenvalue weighted by atomic mass is 9.85. The van der Waals surface area contributed by atoms with Crippen molar-refractivity contribution < 1.29 is 9.53 Å². The molecule has 1 fully saturated rings. The summed E-state index contributed by atoms with van der Waals surface area (Å²) in [5, 5.41) is 11.3. The average Bonchev–Trinajstić information content (AvgIpc) is 2.67. The Bertz CT molecular complexity index is 440. The summed E-state index contributed by atoms with van der Waals surface area (Å²) in [6.07, 6.45) is 3.67. The van der Waals surface area contributed by atoms with Crippen LogP contribution in [-0.4, -0.2) is 34.4 Å². The van der Waals surface area contributed by atoms with Crippen molar-refractivity contribution in [2.45, 2.75) is 38.6 Å². The molecule has 1 amide bonds. The Morgan fingerprint density at radius 2 is 2.26 bits per heavy atom. The van der Waals surface area contributed by atoms with Crippen LogP contribution < -0.4 is 5.32 Å². The number of carbonyl (C=O) groups excluding carboxylic acids is 1. The molecular weight excluding hydrogens is 244 g/mol. The number of nitrogens with one attached hydrogen (secondary N) is 1. The molecule has 1 aliphatic rings. The first kappa shape index (κ1) is 14.0. The van der Waals surface area contributed by atoms with E-state index in [1.54, 1.807) is 7.11 Å². The van der Waals surface area contributed by atoms with Gasteiger partial charge in [-0.15, -0.1) is 10.2 Å². The van der Waals surface area contributed by atoms with Gasteiger partial charge in [0.25, 0.3) is 0 Å². The lowest BCUT2D eigenvalue weighted by Gasteiger charge is -2.24. The quantitative estimate of drug-likeness (QED) is 0.833. The predicted molar refractivity (Wildman–Crippen MR) is 70.5 cm³/mol. The van der Waals surface area contributed by atoms with Gasteiger partial charge >= 0.3 is 0 Å². The van der Waals surface area contributed by atoms with Crippen LogP contribution in [0.15, 0.2) is 0 Å². The number of aromatic nitrogens is 3. The van der Waals surface area contributed by atoms with Crippen molar-refractivity contribution in [3.8, 4) is 0 Å². The standard InChI is InChI=1S/C13H22N4O2/c1-9(8-19-3)13(18)14-7-11-15-16-12(17(11)2)10-5-4-6-10/h9-10H,4-8H2,1-3H3,(H,14,18). The van der Waals surface area contributed by atoms with Crippen LogP contribution in [0.25, 0.3) is 0 Å². The van der Waals surface area contributed by atoms with E-state index < -0.39 is 0 Å². The maximum Gasteiger partial charge on any atom is 0.225 e. The van der Waals surface area contributed by atoms with Gasteiger partial charge in [0, 0.05) is 20.1 Å². The summed E-state index contributed by atoms with van der Waals surface area (Å²) in [5.74, 6) is 2.23. The van der Waals surface area contributed by atoms with Crippen LogP contribution in [0.5, 0.6) is 0 Å². The monoisotopic (exact) mass is 266 g/mol. The van der Waals surface area contributed by atoms with Crippen LogP contribution in [0.4, 0.5) is 0 Å². The maximum absolute atomic E-state index is 11.8. The van der Waals surface area contributed by atoms with Crippen LogP contribution >= 0.6 is 0 Å². The zero-order chi connectivity index (χ0) is 13.8. The van der Waals surface area contributed by atoms with Crippen molar-refractivity contribution in [2.75, 3.05) is 13.7 Å². The van der Waals surface area contributed by atoms with E-state index in [-0.39, 0.29) is 11.8 Å². The highest BCUT2D eigenvalue weighted by Crippen LogP contribution is 2.34. The highest BCUT2D eigenvalue weighted by Gasteiger charge is 2.25. The number of ether oxygens (including phenoxy) is 1. The fraction of sp³-hybridized carbons (Fsp3) is 0.769. The fourth-order valence-corrected chi connectivity index (χ4v) is 2.22. The summed E-state index contributed by atoms with van der Waals surface area (Å²) in [6.45, 7) is 2.69. The SMILES string of the molecule is COCC(C)C(=O)NCc1nnc(C2CCC2)n1C. The largest absolute Gasteiger partial charge is 0.384 e. The first-order valence-corrected chi connectivity index (χ1v) is 6.78. The molecule has 1 saturated carbocycles. The van der Waals surface area contributed by atoms with Gasteiger partial charge < -0.3 is 14.6 Å². The third kappa shape index (κ3) is 3.12. The van der Waals surface area contributed by atoms with Crippen molar-refractivity contribution in [1.82, 2.24) is 20.1 Å². The second-order valence-corrected chi connectivity index (χ2v) is 5.24. The highest BCUT2D eigenvalue weighted by molar-refractivity contribution is 5.78. The smallest absolute Gasteiger partial charge is 0.225 e. The van der Waals surface area contributed by atoms with Gasteiger partial charge in [-0.3, -0.25) is 4.79 Å². The molecule has 0 radical (unpaired) electrons. The van der Waals surface area contributed by atoms with Gasteiger partial charge in [0.05, 0.1) is 19.1 Å². The maximum atomic E-state index is 11.8. The van der Waals surface area contributed by atoms with E-state index in [2.05, 4.69) is 15.5 Å². The molecule has 2 rings (SSSR count). The van der Waals surface area contributed by atoms with Crippen molar-refractivity contribution in [3.05, 3.63) is 11.6 Å². The van der Waals surface area contributed by atoms with E-state index in [4.69, 9.17) is 4.74 Å². The van der Waals surface area contributed by atoms with Gasteiger partial charge in [-0.2, -0.15) is 0 Å². The van der Waals surface area contributed by atoms with Crippen molar-refractivity contribution >= 4 is 5.91 Å². The molecule has 0 spiro atoms. The molecule has 1 heterocycles. The van der Waals surface area contributed by atoms with Crippen LogP contribution in [0.1, 0.15) is 43.8 Å². The summed E-state index contributed by atoms with van der Waals surface area (Å²) in [4.78, 5) is 11.8. The van der Waals surface area contributed by atoms with Crippen LogP contribution in [0.2, 0.25) is 0 Å². The van der Waals surface area contributed by atoms with E-state index in [0.29, 0.717) is 19.1 Å². The van der Waals surface area contributed by atoms with E-state index >= 15 is 0 Å². The Morgan fingerprint density at radius 3 is 2.84 bits per heavy atom. The third-order valence-electron chi connectivity index (χ3n) is 3.75. The topological polar surface area (TPSA) is 69.0 Å². The van der Waals surface area contributed by atoms with Crippen molar-refractivity contribution in [1.29, 1.82) is 0 Å². The summed E-state index contributed by atoms with van der Waals surface area (Å²) < 4.78 is 6.97. The molecule has 6 nitrogen and oxygen atoms in total. The zero-order valence-corrected chi connectivity index (χ0v) is 11.8. The Labute approximate surface area is 113 Å². The number of methoxy groups -OCH3 is 1. The summed E-state index contributed by atoms with van der Waals surface area (Å²) in [5.41, 5.74) is 0. The van der Waals surface area contributed by atoms with Crippen LogP contribution in [0.3, 0.4) is 0 Å². The Balaban J connectivity index is 1.89. The molecule has 1 N–H and O–H groups in total. The van der Waals surface area contributed by atoms with Gasteiger partial charge in [0.2, 0.25) is 5.91 Å². The van der Waals surface area contributed by atoms with E-state index in [0.717, 1.165) is 11.6 Å². The lowest BCUT2D eigenvalue weighted by molar-refractivity contribution is -0.126. The van der Waals surface area contributed by atoms with Crippen LogP contribution in [0, 0.1) is 5.92 Å². The van der Waals surface area contributed by atoms with Gasteiger partial charge in [-0.05, 0) is 12.8 Å². The second kappa shape index (κ2) is 6.14. The number of amides is 1. The van der Waals surface area contributed by atoms with E-state index in [1.165, 1.54) is 19.3 Å². The van der Waals surface area contributed by atoms with E-state index in [9.17, 15) is 4.79 Å². The molecular formula is C13H22N4O2. The number of nitrogens with zero attached hydrogens (tertiary/aromatic N) is 3. The normalized spacial score (nSPS) is 17.0. The molecule has 6 heteroatoms. The molecule has 1 aromatic rings. The zero-order valence-electron chi connectivity index (χ0n) is 11.8. The Morgan fingerprint density at radius 1 is 1.53 bits per heavy atom. The Hall–Kier alpha value is -1.43. The van der Waals surface area contributed by atoms with Gasteiger partial charge in [-0.25, -0.2) is 0 Å². The molecule has 1 aliphatic carbocycles. The van der Waals surface area contributed by atoms with Crippen molar-refractivity contribution in [3.63, 3.8) is 0 Å². The van der Waals surface area contributed by atoms with Gasteiger partial charge in [-0.1, -0.05) is 13.3 Å². The first-order chi connectivity index (χ1) is 9.13. The number of hydrogen-bond acceptors (Lipinski definition) is 4.